The molecular formula is C16H31N5O6S. The zero-order valence-electron chi connectivity index (χ0n) is 16.5. The minimum Gasteiger partial charge on any atom is -0.465 e. The number of hydrogen-bond donors (Lipinski definition) is 6. The molecule has 12 heteroatoms. The lowest BCUT2D eigenvalue weighted by Gasteiger charge is -2.21. The number of hydrogen-bond acceptors (Lipinski definition) is 7. The van der Waals surface area contributed by atoms with Gasteiger partial charge in [-0.2, -0.15) is 11.8 Å². The molecule has 2 atom stereocenters. The van der Waals surface area contributed by atoms with E-state index in [1.165, 1.54) is 18.7 Å². The van der Waals surface area contributed by atoms with Crippen LogP contribution in [-0.4, -0.2) is 103 Å². The molecule has 0 radical (unpaired) electrons. The molecule has 0 spiro atoms. The summed E-state index contributed by atoms with van der Waals surface area (Å²) in [5.74, 6) is -0.926. The fourth-order valence-corrected chi connectivity index (χ4v) is 2.94. The van der Waals surface area contributed by atoms with Crippen LogP contribution in [0.25, 0.3) is 0 Å². The van der Waals surface area contributed by atoms with E-state index in [0.29, 0.717) is 12.3 Å². The van der Waals surface area contributed by atoms with Crippen LogP contribution in [0, 0.1) is 0 Å². The molecule has 162 valence electrons. The molecular weight excluding hydrogens is 390 g/mol. The molecule has 4 amide bonds. The zero-order valence-corrected chi connectivity index (χ0v) is 17.3. The molecule has 0 aliphatic heterocycles. The molecule has 0 heterocycles. The van der Waals surface area contributed by atoms with Gasteiger partial charge in [0.2, 0.25) is 17.7 Å². The third-order valence-corrected chi connectivity index (χ3v) is 4.46. The molecule has 0 aliphatic carbocycles. The third kappa shape index (κ3) is 13.2. The Hall–Kier alpha value is -2.05. The van der Waals surface area contributed by atoms with Gasteiger partial charge in [-0.15, -0.1) is 0 Å². The molecule has 0 rings (SSSR count). The van der Waals surface area contributed by atoms with Crippen LogP contribution in [0.4, 0.5) is 4.79 Å². The first-order valence-electron chi connectivity index (χ1n) is 8.82. The Morgan fingerprint density at radius 2 is 1.68 bits per heavy atom. The Balaban J connectivity index is 4.54. The predicted molar refractivity (Wildman–Crippen MR) is 106 cm³/mol. The summed E-state index contributed by atoms with van der Waals surface area (Å²) in [6, 6.07) is -2.04. The summed E-state index contributed by atoms with van der Waals surface area (Å²) in [6.45, 7) is 2.08. The van der Waals surface area contributed by atoms with Gasteiger partial charge in [-0.05, 0) is 27.1 Å². The van der Waals surface area contributed by atoms with Gasteiger partial charge in [-0.3, -0.25) is 14.4 Å². The van der Waals surface area contributed by atoms with E-state index in [0.717, 1.165) is 13.0 Å². The van der Waals surface area contributed by atoms with Crippen molar-refractivity contribution in [2.75, 3.05) is 51.8 Å². The van der Waals surface area contributed by atoms with Gasteiger partial charge >= 0.3 is 6.09 Å². The summed E-state index contributed by atoms with van der Waals surface area (Å²) in [7, 11) is 3.83. The quantitative estimate of drug-likeness (QED) is 0.176. The molecule has 0 bridgehead atoms. The first-order valence-corrected chi connectivity index (χ1v) is 9.98. The molecule has 28 heavy (non-hydrogen) atoms. The average Bonchev–Trinajstić information content (AvgIpc) is 2.60. The third-order valence-electron chi connectivity index (χ3n) is 3.40. The largest absolute Gasteiger partial charge is 0.465 e. The van der Waals surface area contributed by atoms with Crippen molar-refractivity contribution in [3.05, 3.63) is 0 Å². The number of aliphatic hydroxyl groups is 1. The van der Waals surface area contributed by atoms with Crippen molar-refractivity contribution in [1.29, 1.82) is 0 Å². The number of carbonyl (C=O) groups is 4. The van der Waals surface area contributed by atoms with Crippen LogP contribution in [0.15, 0.2) is 0 Å². The number of nitrogens with one attached hydrogen (secondary N) is 4. The van der Waals surface area contributed by atoms with Crippen LogP contribution in [0.2, 0.25) is 0 Å². The van der Waals surface area contributed by atoms with Crippen LogP contribution in [-0.2, 0) is 14.4 Å². The van der Waals surface area contributed by atoms with Crippen LogP contribution in [0.1, 0.15) is 13.3 Å². The molecule has 0 aromatic rings. The van der Waals surface area contributed by atoms with E-state index < -0.39 is 42.5 Å². The number of carboxylic acid groups (broad SMARTS) is 1. The van der Waals surface area contributed by atoms with Gasteiger partial charge in [-0.1, -0.05) is 0 Å². The van der Waals surface area contributed by atoms with E-state index in [-0.39, 0.29) is 12.3 Å². The second-order valence-corrected chi connectivity index (χ2v) is 7.40. The van der Waals surface area contributed by atoms with Gasteiger partial charge in [0.25, 0.3) is 0 Å². The maximum atomic E-state index is 12.4. The first kappa shape index (κ1) is 26.0. The lowest BCUT2D eigenvalue weighted by molar-refractivity contribution is -0.132. The Kier molecular flexibility index (Phi) is 13.8. The lowest BCUT2D eigenvalue weighted by atomic mass is 10.2. The lowest BCUT2D eigenvalue weighted by Crippen LogP contribution is -2.55. The van der Waals surface area contributed by atoms with Crippen LogP contribution >= 0.6 is 11.8 Å². The van der Waals surface area contributed by atoms with E-state index in [4.69, 9.17) is 5.11 Å². The molecule has 6 N–H and O–H groups in total. The molecule has 11 nitrogen and oxygen atoms in total. The van der Waals surface area contributed by atoms with Gasteiger partial charge in [0.15, 0.2) is 0 Å². The molecule has 0 aliphatic rings. The van der Waals surface area contributed by atoms with E-state index in [1.807, 2.05) is 19.0 Å². The Morgan fingerprint density at radius 1 is 1.00 bits per heavy atom. The van der Waals surface area contributed by atoms with Gasteiger partial charge < -0.3 is 36.4 Å². The van der Waals surface area contributed by atoms with Crippen molar-refractivity contribution in [3.8, 4) is 0 Å². The number of aliphatic hydroxyl groups excluding tert-OH is 1. The predicted octanol–water partition coefficient (Wildman–Crippen LogP) is -1.96. The second-order valence-electron chi connectivity index (χ2n) is 6.25. The summed E-state index contributed by atoms with van der Waals surface area (Å²) in [6.07, 6.45) is -0.417. The van der Waals surface area contributed by atoms with E-state index in [2.05, 4.69) is 21.3 Å². The average molecular weight is 422 g/mol. The van der Waals surface area contributed by atoms with Crippen molar-refractivity contribution in [2.24, 2.45) is 0 Å². The first-order chi connectivity index (χ1) is 13.2. The maximum Gasteiger partial charge on any atom is 0.404 e. The molecule has 0 saturated heterocycles. The topological polar surface area (TPSA) is 160 Å². The molecule has 0 fully saturated rings. The molecule has 0 aromatic carbocycles. The highest BCUT2D eigenvalue weighted by atomic mass is 32.2. The van der Waals surface area contributed by atoms with E-state index >= 15 is 0 Å². The minimum atomic E-state index is -1.14. The SMILES string of the molecule is CC(=O)N[C@@H](CSCCNC(=O)O)C(=O)N[C@@H](CO)C(=O)NCCCN(C)C. The summed E-state index contributed by atoms with van der Waals surface area (Å²) in [4.78, 5) is 48.2. The van der Waals surface area contributed by atoms with E-state index in [9.17, 15) is 24.3 Å². The number of thioether (sulfide) groups is 1. The van der Waals surface area contributed by atoms with Gasteiger partial charge in [0.1, 0.15) is 12.1 Å². The summed E-state index contributed by atoms with van der Waals surface area (Å²) in [5, 5.41) is 27.7. The Morgan fingerprint density at radius 3 is 2.21 bits per heavy atom. The van der Waals surface area contributed by atoms with Crippen molar-refractivity contribution >= 4 is 35.6 Å². The second kappa shape index (κ2) is 14.9. The van der Waals surface area contributed by atoms with Crippen molar-refractivity contribution in [3.63, 3.8) is 0 Å². The summed E-state index contributed by atoms with van der Waals surface area (Å²) >= 11 is 1.27. The zero-order chi connectivity index (χ0) is 21.5. The Bertz CT molecular complexity index is 520. The van der Waals surface area contributed by atoms with Gasteiger partial charge in [0, 0.05) is 31.5 Å². The summed E-state index contributed by atoms with van der Waals surface area (Å²) < 4.78 is 0. The number of rotatable bonds is 14. The fraction of sp³-hybridized carbons (Fsp3) is 0.750. The number of amides is 4. The van der Waals surface area contributed by atoms with Crippen molar-refractivity contribution < 1.29 is 29.4 Å². The number of carbonyl (C=O) groups excluding carboxylic acids is 3. The van der Waals surface area contributed by atoms with Crippen molar-refractivity contribution in [1.82, 2.24) is 26.2 Å². The summed E-state index contributed by atoms with van der Waals surface area (Å²) in [5.41, 5.74) is 0. The fourth-order valence-electron chi connectivity index (χ4n) is 2.06. The Labute approximate surface area is 169 Å². The highest BCUT2D eigenvalue weighted by Gasteiger charge is 2.25. The van der Waals surface area contributed by atoms with Gasteiger partial charge in [-0.25, -0.2) is 4.79 Å². The minimum absolute atomic E-state index is 0.190. The van der Waals surface area contributed by atoms with Crippen LogP contribution in [0.3, 0.4) is 0 Å². The van der Waals surface area contributed by atoms with Crippen LogP contribution < -0.4 is 21.3 Å². The van der Waals surface area contributed by atoms with E-state index in [1.54, 1.807) is 0 Å². The normalized spacial score (nSPS) is 12.8. The van der Waals surface area contributed by atoms with Gasteiger partial charge in [0.05, 0.1) is 6.61 Å². The molecule has 0 saturated carbocycles. The molecule has 0 aromatic heterocycles. The maximum absolute atomic E-state index is 12.4. The number of nitrogens with zero attached hydrogens (tertiary/aromatic N) is 1. The van der Waals surface area contributed by atoms with Crippen molar-refractivity contribution in [2.45, 2.75) is 25.4 Å². The highest BCUT2D eigenvalue weighted by molar-refractivity contribution is 7.99. The molecule has 0 unspecified atom stereocenters. The highest BCUT2D eigenvalue weighted by Crippen LogP contribution is 2.03. The standard InChI is InChI=1S/C16H31N5O6S/c1-11(23)19-13(10-28-8-6-18-16(26)27)15(25)20-12(9-22)14(24)17-5-4-7-21(2)3/h12-13,18,22H,4-10H2,1-3H3,(H,17,24)(H,19,23)(H,20,25)(H,26,27)/t12-,13-/m0/s1. The monoisotopic (exact) mass is 421 g/mol. The smallest absolute Gasteiger partial charge is 0.404 e. The van der Waals surface area contributed by atoms with Crippen LogP contribution in [0.5, 0.6) is 0 Å².